The highest BCUT2D eigenvalue weighted by molar-refractivity contribution is 5.64. The molecular formula is C15H16N4O3. The third-order valence-electron chi connectivity index (χ3n) is 3.30. The molecule has 0 spiro atoms. The third kappa shape index (κ3) is 3.42. The highest BCUT2D eigenvalue weighted by atomic mass is 16.6. The second-order valence-electron chi connectivity index (χ2n) is 4.98. The molecular weight excluding hydrogens is 284 g/mol. The zero-order chi connectivity index (χ0) is 16.1. The summed E-state index contributed by atoms with van der Waals surface area (Å²) in [7, 11) is 3.81. The first-order chi connectivity index (χ1) is 10.5. The Morgan fingerprint density at radius 2 is 2.23 bits per heavy atom. The van der Waals surface area contributed by atoms with Crippen LogP contribution >= 0.6 is 0 Å². The SMILES string of the molecule is CN(C)C(CNc1ccc(C#N)cc1[N+](=O)[O-])c1ccco1. The molecule has 0 bridgehead atoms. The lowest BCUT2D eigenvalue weighted by Crippen LogP contribution is -2.26. The number of rotatable bonds is 6. The predicted molar refractivity (Wildman–Crippen MR) is 81.4 cm³/mol. The zero-order valence-electron chi connectivity index (χ0n) is 12.3. The fraction of sp³-hybridized carbons (Fsp3) is 0.267. The molecule has 22 heavy (non-hydrogen) atoms. The van der Waals surface area contributed by atoms with E-state index in [1.54, 1.807) is 24.5 Å². The largest absolute Gasteiger partial charge is 0.468 e. The van der Waals surface area contributed by atoms with Crippen molar-refractivity contribution < 1.29 is 9.34 Å². The van der Waals surface area contributed by atoms with Crippen molar-refractivity contribution in [2.24, 2.45) is 0 Å². The van der Waals surface area contributed by atoms with Gasteiger partial charge in [0.25, 0.3) is 5.69 Å². The molecule has 0 aliphatic heterocycles. The Bertz CT molecular complexity index is 689. The van der Waals surface area contributed by atoms with Gasteiger partial charge in [0.1, 0.15) is 11.4 Å². The lowest BCUT2D eigenvalue weighted by molar-refractivity contribution is -0.384. The van der Waals surface area contributed by atoms with Crippen molar-refractivity contribution >= 4 is 11.4 Å². The highest BCUT2D eigenvalue weighted by Crippen LogP contribution is 2.27. The average molecular weight is 300 g/mol. The molecule has 0 saturated heterocycles. The molecule has 1 unspecified atom stereocenters. The minimum atomic E-state index is -0.499. The van der Waals surface area contributed by atoms with E-state index in [0.29, 0.717) is 12.2 Å². The lowest BCUT2D eigenvalue weighted by Gasteiger charge is -2.23. The Balaban J connectivity index is 2.20. The van der Waals surface area contributed by atoms with Crippen LogP contribution in [0.3, 0.4) is 0 Å². The van der Waals surface area contributed by atoms with Gasteiger partial charge in [0.15, 0.2) is 0 Å². The van der Waals surface area contributed by atoms with Crippen LogP contribution in [0.25, 0.3) is 0 Å². The maximum atomic E-state index is 11.1. The topological polar surface area (TPSA) is 95.3 Å². The average Bonchev–Trinajstić information content (AvgIpc) is 3.01. The maximum Gasteiger partial charge on any atom is 0.293 e. The Morgan fingerprint density at radius 3 is 2.77 bits per heavy atom. The summed E-state index contributed by atoms with van der Waals surface area (Å²) in [5.74, 6) is 0.772. The Hall–Kier alpha value is -2.85. The van der Waals surface area contributed by atoms with E-state index in [2.05, 4.69) is 5.32 Å². The van der Waals surface area contributed by atoms with Crippen LogP contribution in [0.1, 0.15) is 17.4 Å². The number of likely N-dealkylation sites (N-methyl/N-ethyl adjacent to an activating group) is 1. The molecule has 7 heteroatoms. The molecule has 0 aliphatic carbocycles. The first-order valence-electron chi connectivity index (χ1n) is 6.65. The van der Waals surface area contributed by atoms with Gasteiger partial charge in [0.2, 0.25) is 0 Å². The number of hydrogen-bond acceptors (Lipinski definition) is 6. The Labute approximate surface area is 127 Å². The van der Waals surface area contributed by atoms with Gasteiger partial charge in [0, 0.05) is 12.6 Å². The van der Waals surface area contributed by atoms with E-state index in [0.717, 1.165) is 5.76 Å². The van der Waals surface area contributed by atoms with Crippen molar-refractivity contribution in [1.29, 1.82) is 5.26 Å². The minimum Gasteiger partial charge on any atom is -0.468 e. The normalized spacial score (nSPS) is 11.9. The van der Waals surface area contributed by atoms with E-state index in [-0.39, 0.29) is 17.3 Å². The number of nitro benzene ring substituents is 1. The molecule has 0 amide bonds. The molecule has 1 aromatic heterocycles. The summed E-state index contributed by atoms with van der Waals surface area (Å²) in [6, 6.07) is 9.86. The summed E-state index contributed by atoms with van der Waals surface area (Å²) in [6.45, 7) is 0.438. The summed E-state index contributed by atoms with van der Waals surface area (Å²) in [4.78, 5) is 12.6. The van der Waals surface area contributed by atoms with Gasteiger partial charge in [-0.3, -0.25) is 15.0 Å². The van der Waals surface area contributed by atoms with Crippen LogP contribution in [0.4, 0.5) is 11.4 Å². The van der Waals surface area contributed by atoms with E-state index in [1.165, 1.54) is 6.07 Å². The van der Waals surface area contributed by atoms with Gasteiger partial charge >= 0.3 is 0 Å². The van der Waals surface area contributed by atoms with Crippen LogP contribution < -0.4 is 5.32 Å². The molecule has 0 radical (unpaired) electrons. The highest BCUT2D eigenvalue weighted by Gasteiger charge is 2.20. The summed E-state index contributed by atoms with van der Waals surface area (Å²) in [6.07, 6.45) is 1.59. The summed E-state index contributed by atoms with van der Waals surface area (Å²) in [5.41, 5.74) is 0.519. The number of nitro groups is 1. The van der Waals surface area contributed by atoms with Gasteiger partial charge in [-0.05, 0) is 38.4 Å². The number of furan rings is 1. The quantitative estimate of drug-likeness (QED) is 0.651. The fourth-order valence-electron chi connectivity index (χ4n) is 2.13. The van der Waals surface area contributed by atoms with Crippen LogP contribution in [0.5, 0.6) is 0 Å². The molecule has 1 N–H and O–H groups in total. The molecule has 1 aromatic carbocycles. The second-order valence-corrected chi connectivity index (χ2v) is 4.98. The Kier molecular flexibility index (Phi) is 4.76. The van der Waals surface area contributed by atoms with Crippen molar-refractivity contribution in [3.05, 3.63) is 58.0 Å². The van der Waals surface area contributed by atoms with E-state index < -0.39 is 4.92 Å². The number of nitriles is 1. The van der Waals surface area contributed by atoms with E-state index in [4.69, 9.17) is 9.68 Å². The Morgan fingerprint density at radius 1 is 1.45 bits per heavy atom. The smallest absolute Gasteiger partial charge is 0.293 e. The first kappa shape index (κ1) is 15.5. The number of nitrogens with one attached hydrogen (secondary N) is 1. The molecule has 1 atom stereocenters. The van der Waals surface area contributed by atoms with Crippen LogP contribution in [0.15, 0.2) is 41.0 Å². The molecule has 114 valence electrons. The summed E-state index contributed by atoms with van der Waals surface area (Å²) >= 11 is 0. The van der Waals surface area contributed by atoms with Gasteiger partial charge in [-0.25, -0.2) is 0 Å². The van der Waals surface area contributed by atoms with Crippen LogP contribution in [-0.2, 0) is 0 Å². The van der Waals surface area contributed by atoms with E-state index >= 15 is 0 Å². The molecule has 0 fully saturated rings. The first-order valence-corrected chi connectivity index (χ1v) is 6.65. The van der Waals surface area contributed by atoms with Crippen molar-refractivity contribution in [1.82, 2.24) is 4.90 Å². The van der Waals surface area contributed by atoms with E-state index in [9.17, 15) is 10.1 Å². The zero-order valence-corrected chi connectivity index (χ0v) is 12.3. The van der Waals surface area contributed by atoms with Crippen LogP contribution in [0, 0.1) is 21.4 Å². The van der Waals surface area contributed by atoms with Gasteiger partial charge in [0.05, 0.1) is 28.9 Å². The molecule has 0 aliphatic rings. The molecule has 1 heterocycles. The van der Waals surface area contributed by atoms with Crippen LogP contribution in [-0.4, -0.2) is 30.5 Å². The molecule has 7 nitrogen and oxygen atoms in total. The van der Waals surface area contributed by atoms with Gasteiger partial charge in [-0.15, -0.1) is 0 Å². The predicted octanol–water partition coefficient (Wildman–Crippen LogP) is 2.77. The van der Waals surface area contributed by atoms with Gasteiger partial charge < -0.3 is 9.73 Å². The molecule has 0 saturated carbocycles. The number of anilines is 1. The number of hydrogen-bond donors (Lipinski definition) is 1. The van der Waals surface area contributed by atoms with Gasteiger partial charge in [-0.2, -0.15) is 5.26 Å². The number of nitrogens with zero attached hydrogens (tertiary/aromatic N) is 3. The third-order valence-corrected chi connectivity index (χ3v) is 3.30. The monoisotopic (exact) mass is 300 g/mol. The van der Waals surface area contributed by atoms with Crippen LogP contribution in [0.2, 0.25) is 0 Å². The number of benzene rings is 1. The van der Waals surface area contributed by atoms with Crippen molar-refractivity contribution in [3.8, 4) is 6.07 Å². The maximum absolute atomic E-state index is 11.1. The van der Waals surface area contributed by atoms with E-state index in [1.807, 2.05) is 31.1 Å². The summed E-state index contributed by atoms with van der Waals surface area (Å²) < 4.78 is 5.40. The fourth-order valence-corrected chi connectivity index (χ4v) is 2.13. The lowest BCUT2D eigenvalue weighted by atomic mass is 10.1. The van der Waals surface area contributed by atoms with Crippen molar-refractivity contribution in [3.63, 3.8) is 0 Å². The standard InChI is InChI=1S/C15H16N4O3/c1-18(2)14(15-4-3-7-22-15)10-17-12-6-5-11(9-16)8-13(12)19(20)21/h3-8,14,17H,10H2,1-2H3. The van der Waals surface area contributed by atoms with Crippen molar-refractivity contribution in [2.45, 2.75) is 6.04 Å². The minimum absolute atomic E-state index is 0.0646. The molecule has 2 aromatic rings. The summed E-state index contributed by atoms with van der Waals surface area (Å²) in [5, 5.41) is 23.0. The van der Waals surface area contributed by atoms with Crippen molar-refractivity contribution in [2.75, 3.05) is 26.0 Å². The second kappa shape index (κ2) is 6.74. The van der Waals surface area contributed by atoms with Gasteiger partial charge in [-0.1, -0.05) is 0 Å². The molecule has 2 rings (SSSR count).